The van der Waals surface area contributed by atoms with E-state index >= 15 is 0 Å². The minimum Gasteiger partial charge on any atom is -0.508 e. The van der Waals surface area contributed by atoms with Gasteiger partial charge in [-0.3, -0.25) is 9.69 Å². The molecule has 35 heavy (non-hydrogen) atoms. The van der Waals surface area contributed by atoms with Crippen molar-refractivity contribution in [3.05, 3.63) is 90.0 Å². The summed E-state index contributed by atoms with van der Waals surface area (Å²) >= 11 is 0. The van der Waals surface area contributed by atoms with Crippen LogP contribution in [-0.4, -0.2) is 47.1 Å². The summed E-state index contributed by atoms with van der Waals surface area (Å²) in [5, 5.41) is 21.9. The van der Waals surface area contributed by atoms with Gasteiger partial charge in [-0.05, 0) is 90.8 Å². The molecule has 4 aromatic carbocycles. The number of fused-ring (bicyclic) bond motifs is 1. The van der Waals surface area contributed by atoms with E-state index in [-0.39, 0.29) is 17.3 Å². The number of piperidine rings is 1. The number of hydrogen-bond acceptors (Lipinski definition) is 5. The molecule has 4 aromatic rings. The largest absolute Gasteiger partial charge is 0.508 e. The third-order valence-corrected chi connectivity index (χ3v) is 6.67. The van der Waals surface area contributed by atoms with Crippen molar-refractivity contribution in [1.82, 2.24) is 4.90 Å². The smallest absolute Gasteiger partial charge is 0.194 e. The molecule has 0 amide bonds. The van der Waals surface area contributed by atoms with E-state index in [2.05, 4.69) is 4.90 Å². The number of phenols is 2. The second kappa shape index (κ2) is 10.2. The lowest BCUT2D eigenvalue weighted by Gasteiger charge is -2.26. The lowest BCUT2D eigenvalue weighted by Crippen LogP contribution is -2.33. The zero-order chi connectivity index (χ0) is 24.2. The van der Waals surface area contributed by atoms with E-state index in [4.69, 9.17) is 4.74 Å². The molecule has 0 unspecified atom stereocenters. The fourth-order valence-corrected chi connectivity index (χ4v) is 4.81. The Morgan fingerprint density at radius 3 is 2.37 bits per heavy atom. The number of carbonyl (C=O) groups is 1. The molecule has 2 N–H and O–H groups in total. The Balaban J connectivity index is 1.43. The molecule has 0 aromatic heterocycles. The predicted octanol–water partition coefficient (Wildman–Crippen LogP) is 6.01. The Hall–Kier alpha value is -3.83. The highest BCUT2D eigenvalue weighted by Crippen LogP contribution is 2.37. The van der Waals surface area contributed by atoms with E-state index in [1.807, 2.05) is 30.3 Å². The molecule has 0 bridgehead atoms. The van der Waals surface area contributed by atoms with Crippen molar-refractivity contribution < 1.29 is 19.7 Å². The fraction of sp³-hybridized carbons (Fsp3) is 0.233. The number of para-hydroxylation sites is 1. The third-order valence-electron chi connectivity index (χ3n) is 6.67. The van der Waals surface area contributed by atoms with Gasteiger partial charge in [-0.25, -0.2) is 0 Å². The number of nitrogens with zero attached hydrogens (tertiary/aromatic N) is 1. The highest BCUT2D eigenvalue weighted by Gasteiger charge is 2.20. The molecule has 0 radical (unpaired) electrons. The van der Waals surface area contributed by atoms with Crippen molar-refractivity contribution in [2.45, 2.75) is 19.3 Å². The van der Waals surface area contributed by atoms with E-state index < -0.39 is 0 Å². The van der Waals surface area contributed by atoms with Gasteiger partial charge in [-0.1, -0.05) is 36.8 Å². The quantitative estimate of drug-likeness (QED) is 0.326. The Morgan fingerprint density at radius 2 is 1.60 bits per heavy atom. The molecule has 1 heterocycles. The highest BCUT2D eigenvalue weighted by molar-refractivity contribution is 6.20. The first-order valence-corrected chi connectivity index (χ1v) is 12.1. The highest BCUT2D eigenvalue weighted by atomic mass is 16.5. The summed E-state index contributed by atoms with van der Waals surface area (Å²) in [5.41, 5.74) is 2.25. The van der Waals surface area contributed by atoms with E-state index in [9.17, 15) is 15.0 Å². The second-order valence-electron chi connectivity index (χ2n) is 9.01. The van der Waals surface area contributed by atoms with Gasteiger partial charge in [0.15, 0.2) is 5.78 Å². The van der Waals surface area contributed by atoms with Crippen molar-refractivity contribution in [3.8, 4) is 28.4 Å². The van der Waals surface area contributed by atoms with Gasteiger partial charge in [-0.2, -0.15) is 0 Å². The van der Waals surface area contributed by atoms with Crippen LogP contribution in [0.5, 0.6) is 17.2 Å². The predicted molar refractivity (Wildman–Crippen MR) is 138 cm³/mol. The van der Waals surface area contributed by atoms with Gasteiger partial charge in [0.25, 0.3) is 0 Å². The van der Waals surface area contributed by atoms with Crippen LogP contribution >= 0.6 is 0 Å². The molecule has 5 rings (SSSR count). The molecular weight excluding hydrogens is 438 g/mol. The van der Waals surface area contributed by atoms with Crippen LogP contribution in [0.3, 0.4) is 0 Å². The fourth-order valence-electron chi connectivity index (χ4n) is 4.81. The normalized spacial score (nSPS) is 14.2. The van der Waals surface area contributed by atoms with E-state index in [0.717, 1.165) is 36.2 Å². The summed E-state index contributed by atoms with van der Waals surface area (Å²) in [4.78, 5) is 16.2. The molecule has 0 spiro atoms. The number of rotatable bonds is 7. The Morgan fingerprint density at radius 1 is 0.829 bits per heavy atom. The average Bonchev–Trinajstić information content (AvgIpc) is 2.89. The standard InChI is InChI=1S/C30H29NO4/c32-23-11-15-25-22(20-23)10-14-27(26-6-2-3-7-28(26)33)29(25)30(34)21-8-12-24(13-9-21)35-19-18-31-16-4-1-5-17-31/h2-3,6-15,20,32-33H,1,4-5,16-19H2. The second-order valence-corrected chi connectivity index (χ2v) is 9.01. The molecule has 0 aliphatic carbocycles. The van der Waals surface area contributed by atoms with Crippen molar-refractivity contribution in [2.24, 2.45) is 0 Å². The maximum Gasteiger partial charge on any atom is 0.194 e. The molecule has 178 valence electrons. The molecular formula is C30H29NO4. The number of ether oxygens (including phenoxy) is 1. The summed E-state index contributed by atoms with van der Waals surface area (Å²) in [6.45, 7) is 3.81. The molecule has 5 nitrogen and oxygen atoms in total. The van der Waals surface area contributed by atoms with Gasteiger partial charge in [0.2, 0.25) is 0 Å². The summed E-state index contributed by atoms with van der Waals surface area (Å²) in [6.07, 6.45) is 3.83. The lowest BCUT2D eigenvalue weighted by atomic mass is 9.89. The zero-order valence-electron chi connectivity index (χ0n) is 19.6. The zero-order valence-corrected chi connectivity index (χ0v) is 19.6. The summed E-state index contributed by atoms with van der Waals surface area (Å²) in [7, 11) is 0. The monoisotopic (exact) mass is 467 g/mol. The molecule has 5 heteroatoms. The minimum absolute atomic E-state index is 0.108. The van der Waals surface area contributed by atoms with Gasteiger partial charge >= 0.3 is 0 Å². The van der Waals surface area contributed by atoms with Crippen molar-refractivity contribution >= 4 is 16.6 Å². The van der Waals surface area contributed by atoms with Crippen LogP contribution in [-0.2, 0) is 0 Å². The van der Waals surface area contributed by atoms with Crippen molar-refractivity contribution in [2.75, 3.05) is 26.2 Å². The Kier molecular flexibility index (Phi) is 6.68. The number of phenolic OH excluding ortho intramolecular Hbond substituents is 2. The van der Waals surface area contributed by atoms with E-state index in [0.29, 0.717) is 28.9 Å². The SMILES string of the molecule is O=C(c1ccc(OCCN2CCCCC2)cc1)c1c(-c2ccccc2O)ccc2cc(O)ccc12. The number of aromatic hydroxyl groups is 2. The van der Waals surface area contributed by atoms with Crippen LogP contribution < -0.4 is 4.74 Å². The van der Waals surface area contributed by atoms with Crippen LogP contribution in [0, 0.1) is 0 Å². The van der Waals surface area contributed by atoms with Crippen LogP contribution in [0.15, 0.2) is 78.9 Å². The summed E-state index contributed by atoms with van der Waals surface area (Å²) in [6, 6.07) is 22.9. The maximum absolute atomic E-state index is 13.8. The Labute approximate surface area is 205 Å². The lowest BCUT2D eigenvalue weighted by molar-refractivity contribution is 0.104. The first kappa shape index (κ1) is 22.9. The van der Waals surface area contributed by atoms with Crippen LogP contribution in [0.2, 0.25) is 0 Å². The maximum atomic E-state index is 13.8. The number of likely N-dealkylation sites (tertiary alicyclic amines) is 1. The number of hydrogen-bond donors (Lipinski definition) is 2. The number of benzene rings is 4. The number of ketones is 1. The summed E-state index contributed by atoms with van der Waals surface area (Å²) in [5.74, 6) is 0.830. The molecule has 0 saturated carbocycles. The van der Waals surface area contributed by atoms with Gasteiger partial charge in [0, 0.05) is 23.2 Å². The topological polar surface area (TPSA) is 70.0 Å². The molecule has 1 saturated heterocycles. The summed E-state index contributed by atoms with van der Waals surface area (Å²) < 4.78 is 5.93. The molecule has 1 aliphatic rings. The minimum atomic E-state index is -0.153. The molecule has 0 atom stereocenters. The Bertz CT molecular complexity index is 1340. The third kappa shape index (κ3) is 5.00. The molecule has 1 fully saturated rings. The van der Waals surface area contributed by atoms with Gasteiger partial charge < -0.3 is 14.9 Å². The average molecular weight is 468 g/mol. The first-order chi connectivity index (χ1) is 17.1. The van der Waals surface area contributed by atoms with Crippen LogP contribution in [0.25, 0.3) is 21.9 Å². The number of carbonyl (C=O) groups excluding carboxylic acids is 1. The van der Waals surface area contributed by atoms with Gasteiger partial charge in [0.1, 0.15) is 23.9 Å². The first-order valence-electron chi connectivity index (χ1n) is 12.1. The van der Waals surface area contributed by atoms with Crippen molar-refractivity contribution in [1.29, 1.82) is 0 Å². The van der Waals surface area contributed by atoms with E-state index in [1.165, 1.54) is 19.3 Å². The van der Waals surface area contributed by atoms with E-state index in [1.54, 1.807) is 48.5 Å². The van der Waals surface area contributed by atoms with Crippen LogP contribution in [0.1, 0.15) is 35.2 Å². The van der Waals surface area contributed by atoms with Crippen molar-refractivity contribution in [3.63, 3.8) is 0 Å². The van der Waals surface area contributed by atoms with Crippen LogP contribution in [0.4, 0.5) is 0 Å². The van der Waals surface area contributed by atoms with Gasteiger partial charge in [-0.15, -0.1) is 0 Å². The van der Waals surface area contributed by atoms with Gasteiger partial charge in [0.05, 0.1) is 0 Å². The molecule has 1 aliphatic heterocycles.